The molecule has 0 saturated carbocycles. The number of halogens is 2. The van der Waals surface area contributed by atoms with Gasteiger partial charge in [0.1, 0.15) is 0 Å². The number of hydrogen-bond acceptors (Lipinski definition) is 5. The molecule has 0 unspecified atom stereocenters. The number of benzene rings is 2. The highest BCUT2D eigenvalue weighted by atomic mass is 35.5. The average Bonchev–Trinajstić information content (AvgIpc) is 3.15. The lowest BCUT2D eigenvalue weighted by molar-refractivity contribution is 1.02. The number of nitrogens with one attached hydrogen (secondary N) is 1. The van der Waals surface area contributed by atoms with Gasteiger partial charge in [-0.1, -0.05) is 34.5 Å². The lowest BCUT2D eigenvalue weighted by Crippen LogP contribution is -2.32. The zero-order valence-corrected chi connectivity index (χ0v) is 14.3. The van der Waals surface area contributed by atoms with E-state index in [1.807, 2.05) is 42.5 Å². The van der Waals surface area contributed by atoms with Crippen LogP contribution >= 0.6 is 34.5 Å². The predicted molar refractivity (Wildman–Crippen MR) is 99.4 cm³/mol. The van der Waals surface area contributed by atoms with Crippen molar-refractivity contribution in [3.63, 3.8) is 0 Å². The summed E-state index contributed by atoms with van der Waals surface area (Å²) in [4.78, 5) is 11.3. The van der Waals surface area contributed by atoms with E-state index in [1.165, 1.54) is 0 Å². The Balaban J connectivity index is 1.62. The fourth-order valence-corrected chi connectivity index (χ4v) is 3.80. The fourth-order valence-electron chi connectivity index (χ4n) is 2.40. The van der Waals surface area contributed by atoms with Gasteiger partial charge in [0.25, 0.3) is 0 Å². The number of fused-ring (bicyclic) bond motifs is 1. The van der Waals surface area contributed by atoms with Gasteiger partial charge in [-0.15, -0.1) is 0 Å². The lowest BCUT2D eigenvalue weighted by atomic mass is 10.3. The number of aromatic nitrogens is 1. The molecule has 4 nitrogen and oxygen atoms in total. The third-order valence-electron chi connectivity index (χ3n) is 3.51. The zero-order valence-electron chi connectivity index (χ0n) is 12.0. The number of rotatable bonds is 2. The van der Waals surface area contributed by atoms with Gasteiger partial charge in [0.05, 0.1) is 16.8 Å². The Bertz CT molecular complexity index is 889. The Kier molecular flexibility index (Phi) is 3.85. The van der Waals surface area contributed by atoms with Crippen molar-refractivity contribution >= 4 is 61.5 Å². The van der Waals surface area contributed by atoms with E-state index < -0.39 is 0 Å². The third-order valence-corrected chi connectivity index (χ3v) is 5.04. The van der Waals surface area contributed by atoms with Crippen LogP contribution in [0.1, 0.15) is 0 Å². The number of aliphatic imine (C=N–C) groups is 1. The van der Waals surface area contributed by atoms with E-state index in [4.69, 9.17) is 23.2 Å². The van der Waals surface area contributed by atoms with Crippen LogP contribution in [0.4, 0.5) is 10.8 Å². The van der Waals surface area contributed by atoms with Crippen LogP contribution in [0.25, 0.3) is 10.2 Å². The molecular weight excluding hydrogens is 351 g/mol. The van der Waals surface area contributed by atoms with E-state index in [0.717, 1.165) is 45.1 Å². The molecule has 1 N–H and O–H groups in total. The van der Waals surface area contributed by atoms with Crippen LogP contribution in [0.3, 0.4) is 0 Å². The van der Waals surface area contributed by atoms with Gasteiger partial charge in [-0.2, -0.15) is 0 Å². The van der Waals surface area contributed by atoms with E-state index in [9.17, 15) is 0 Å². The second-order valence-corrected chi connectivity index (χ2v) is 6.98. The molecule has 2 heterocycles. The molecule has 23 heavy (non-hydrogen) atoms. The Morgan fingerprint density at radius 3 is 2.65 bits per heavy atom. The van der Waals surface area contributed by atoms with E-state index >= 15 is 0 Å². The molecule has 0 aliphatic carbocycles. The first-order valence-corrected chi connectivity index (χ1v) is 8.67. The lowest BCUT2D eigenvalue weighted by Gasteiger charge is -2.18. The van der Waals surface area contributed by atoms with Gasteiger partial charge in [0.2, 0.25) is 5.96 Å². The van der Waals surface area contributed by atoms with Crippen molar-refractivity contribution in [2.24, 2.45) is 4.99 Å². The number of thiazole rings is 1. The van der Waals surface area contributed by atoms with E-state index in [0.29, 0.717) is 5.02 Å². The maximum atomic E-state index is 6.05. The van der Waals surface area contributed by atoms with E-state index in [1.54, 1.807) is 11.3 Å². The number of hydrogen-bond donors (Lipinski definition) is 1. The minimum atomic E-state index is 0.712. The molecule has 116 valence electrons. The standard InChI is InChI=1S/C16H12Cl2N4S/c17-10-1-4-12(5-2-10)20-15-19-7-8-22(15)16-21-13-6-3-11(18)9-14(13)23-16/h1-6,9H,7-8H2,(H,19,20). The van der Waals surface area contributed by atoms with Crippen molar-refractivity contribution in [2.45, 2.75) is 0 Å². The molecular formula is C16H12Cl2N4S. The molecule has 1 aliphatic rings. The quantitative estimate of drug-likeness (QED) is 0.705. The van der Waals surface area contributed by atoms with Crippen LogP contribution in [0.15, 0.2) is 47.5 Å². The van der Waals surface area contributed by atoms with Crippen LogP contribution in [-0.2, 0) is 0 Å². The number of anilines is 2. The van der Waals surface area contributed by atoms with Crippen LogP contribution in [0.5, 0.6) is 0 Å². The van der Waals surface area contributed by atoms with Gasteiger partial charge in [-0.3, -0.25) is 9.89 Å². The van der Waals surface area contributed by atoms with Crippen LogP contribution in [-0.4, -0.2) is 24.0 Å². The van der Waals surface area contributed by atoms with Crippen LogP contribution in [0.2, 0.25) is 10.0 Å². The van der Waals surface area contributed by atoms with Crippen molar-refractivity contribution in [2.75, 3.05) is 23.3 Å². The Morgan fingerprint density at radius 2 is 1.83 bits per heavy atom. The van der Waals surface area contributed by atoms with Crippen molar-refractivity contribution in [1.29, 1.82) is 0 Å². The first-order chi connectivity index (χ1) is 11.2. The molecule has 7 heteroatoms. The Morgan fingerprint density at radius 1 is 1.04 bits per heavy atom. The Hall–Kier alpha value is -1.82. The number of guanidine groups is 1. The Labute approximate surface area is 147 Å². The molecule has 0 saturated heterocycles. The van der Waals surface area contributed by atoms with Crippen molar-refractivity contribution < 1.29 is 0 Å². The van der Waals surface area contributed by atoms with Crippen molar-refractivity contribution in [3.8, 4) is 0 Å². The maximum absolute atomic E-state index is 6.05. The van der Waals surface area contributed by atoms with Gasteiger partial charge in [-0.05, 0) is 42.5 Å². The van der Waals surface area contributed by atoms with Gasteiger partial charge in [-0.25, -0.2) is 4.98 Å². The smallest absolute Gasteiger partial charge is 0.204 e. The molecule has 1 aliphatic heterocycles. The summed E-state index contributed by atoms with van der Waals surface area (Å²) in [5.41, 5.74) is 1.90. The van der Waals surface area contributed by atoms with Crippen molar-refractivity contribution in [1.82, 2.24) is 4.98 Å². The fraction of sp³-hybridized carbons (Fsp3) is 0.125. The minimum absolute atomic E-state index is 0.712. The highest BCUT2D eigenvalue weighted by molar-refractivity contribution is 7.22. The summed E-state index contributed by atoms with van der Waals surface area (Å²) >= 11 is 13.6. The molecule has 0 atom stereocenters. The summed E-state index contributed by atoms with van der Waals surface area (Å²) in [5, 5.41) is 5.68. The molecule has 0 spiro atoms. The van der Waals surface area contributed by atoms with Crippen LogP contribution in [0, 0.1) is 0 Å². The summed E-state index contributed by atoms with van der Waals surface area (Å²) in [7, 11) is 0. The topological polar surface area (TPSA) is 40.5 Å². The molecule has 3 aromatic rings. The summed E-state index contributed by atoms with van der Waals surface area (Å²) in [6.07, 6.45) is 0. The third kappa shape index (κ3) is 3.00. The molecule has 0 radical (unpaired) electrons. The molecule has 0 amide bonds. The summed E-state index contributed by atoms with van der Waals surface area (Å²) in [5.74, 6) is 0.803. The summed E-state index contributed by atoms with van der Waals surface area (Å²) < 4.78 is 1.07. The highest BCUT2D eigenvalue weighted by Crippen LogP contribution is 2.32. The predicted octanol–water partition coefficient (Wildman–Crippen LogP) is 4.89. The molecule has 2 aromatic carbocycles. The molecule has 0 fully saturated rings. The van der Waals surface area contributed by atoms with Gasteiger partial charge >= 0.3 is 0 Å². The first-order valence-electron chi connectivity index (χ1n) is 7.10. The minimum Gasteiger partial charge on any atom is -0.326 e. The monoisotopic (exact) mass is 362 g/mol. The zero-order chi connectivity index (χ0) is 15.8. The SMILES string of the molecule is Clc1ccc(NC2=NCCN2c2nc3ccc(Cl)cc3s2)cc1. The number of nitrogens with zero attached hydrogens (tertiary/aromatic N) is 3. The van der Waals surface area contributed by atoms with Crippen molar-refractivity contribution in [3.05, 3.63) is 52.5 Å². The van der Waals surface area contributed by atoms with Gasteiger partial charge < -0.3 is 5.32 Å². The normalized spacial score (nSPS) is 14.3. The van der Waals surface area contributed by atoms with E-state index in [2.05, 4.69) is 20.2 Å². The first kappa shape index (κ1) is 14.8. The van der Waals surface area contributed by atoms with Crippen LogP contribution < -0.4 is 10.2 Å². The molecule has 4 rings (SSSR count). The largest absolute Gasteiger partial charge is 0.326 e. The average molecular weight is 363 g/mol. The van der Waals surface area contributed by atoms with Gasteiger partial charge in [0, 0.05) is 22.3 Å². The summed E-state index contributed by atoms with van der Waals surface area (Å²) in [6, 6.07) is 13.3. The van der Waals surface area contributed by atoms with E-state index in [-0.39, 0.29) is 0 Å². The summed E-state index contributed by atoms with van der Waals surface area (Å²) in [6.45, 7) is 1.55. The second kappa shape index (κ2) is 6.00. The van der Waals surface area contributed by atoms with Gasteiger partial charge in [0.15, 0.2) is 5.13 Å². The molecule has 1 aromatic heterocycles. The highest BCUT2D eigenvalue weighted by Gasteiger charge is 2.22. The second-order valence-electron chi connectivity index (χ2n) is 5.10. The maximum Gasteiger partial charge on any atom is 0.204 e. The molecule has 0 bridgehead atoms.